The highest BCUT2D eigenvalue weighted by Gasteiger charge is 2.13. The summed E-state index contributed by atoms with van der Waals surface area (Å²) in [5.74, 6) is 1.37. The topological polar surface area (TPSA) is 15.3 Å². The molecule has 0 unspecified atom stereocenters. The second kappa shape index (κ2) is 8.43. The standard InChI is InChI=1S/C19H34N2/c1-14(2)12-21(13-15(3)4)19-9-8-18(10-17(19)7)11-20-16(5)6/h8-10,14-16,20H,11-13H2,1-7H3. The summed E-state index contributed by atoms with van der Waals surface area (Å²) in [5.41, 5.74) is 4.16. The molecule has 0 heterocycles. The van der Waals surface area contributed by atoms with Gasteiger partial charge in [0, 0.05) is 31.4 Å². The predicted octanol–water partition coefficient (Wildman–Crippen LogP) is 4.61. The van der Waals surface area contributed by atoms with Crippen LogP contribution in [0.15, 0.2) is 18.2 Å². The van der Waals surface area contributed by atoms with Crippen LogP contribution in [0.3, 0.4) is 0 Å². The third-order valence-corrected chi connectivity index (χ3v) is 3.49. The molecule has 2 heteroatoms. The van der Waals surface area contributed by atoms with Gasteiger partial charge in [-0.1, -0.05) is 53.7 Å². The first-order valence-electron chi connectivity index (χ1n) is 8.37. The molecule has 1 aromatic carbocycles. The van der Waals surface area contributed by atoms with Gasteiger partial charge in [-0.05, 0) is 36.0 Å². The first-order chi connectivity index (χ1) is 9.79. The minimum Gasteiger partial charge on any atom is -0.371 e. The second-order valence-corrected chi connectivity index (χ2v) is 7.35. The van der Waals surface area contributed by atoms with Gasteiger partial charge in [0.2, 0.25) is 0 Å². The highest BCUT2D eigenvalue weighted by Crippen LogP contribution is 2.23. The van der Waals surface area contributed by atoms with Crippen molar-refractivity contribution in [2.75, 3.05) is 18.0 Å². The molecule has 0 saturated heterocycles. The summed E-state index contributed by atoms with van der Waals surface area (Å²) in [4.78, 5) is 2.55. The second-order valence-electron chi connectivity index (χ2n) is 7.35. The van der Waals surface area contributed by atoms with Crippen LogP contribution in [0.4, 0.5) is 5.69 Å². The Morgan fingerprint density at radius 3 is 1.95 bits per heavy atom. The van der Waals surface area contributed by atoms with E-state index in [0.717, 1.165) is 19.6 Å². The molecule has 0 amide bonds. The zero-order valence-electron chi connectivity index (χ0n) is 15.0. The van der Waals surface area contributed by atoms with Gasteiger partial charge in [0.1, 0.15) is 0 Å². The number of nitrogens with one attached hydrogen (secondary N) is 1. The fourth-order valence-electron chi connectivity index (χ4n) is 2.66. The zero-order chi connectivity index (χ0) is 16.0. The van der Waals surface area contributed by atoms with Crippen molar-refractivity contribution >= 4 is 5.69 Å². The van der Waals surface area contributed by atoms with Crippen LogP contribution in [0, 0.1) is 18.8 Å². The van der Waals surface area contributed by atoms with E-state index >= 15 is 0 Å². The van der Waals surface area contributed by atoms with Crippen LogP contribution in [0.5, 0.6) is 0 Å². The van der Waals surface area contributed by atoms with Gasteiger partial charge >= 0.3 is 0 Å². The predicted molar refractivity (Wildman–Crippen MR) is 95.0 cm³/mol. The van der Waals surface area contributed by atoms with E-state index in [1.807, 2.05) is 0 Å². The van der Waals surface area contributed by atoms with Crippen LogP contribution in [0.25, 0.3) is 0 Å². The van der Waals surface area contributed by atoms with E-state index in [4.69, 9.17) is 0 Å². The molecule has 0 saturated carbocycles. The molecule has 0 aliphatic heterocycles. The maximum absolute atomic E-state index is 3.49. The van der Waals surface area contributed by atoms with Crippen molar-refractivity contribution in [1.82, 2.24) is 5.32 Å². The van der Waals surface area contributed by atoms with Crippen molar-refractivity contribution in [3.8, 4) is 0 Å². The van der Waals surface area contributed by atoms with E-state index in [2.05, 4.69) is 76.9 Å². The minimum atomic E-state index is 0.531. The first kappa shape index (κ1) is 18.0. The lowest BCUT2D eigenvalue weighted by atomic mass is 10.1. The number of hydrogen-bond acceptors (Lipinski definition) is 2. The first-order valence-corrected chi connectivity index (χ1v) is 8.37. The van der Waals surface area contributed by atoms with Crippen molar-refractivity contribution in [2.45, 2.75) is 61.1 Å². The van der Waals surface area contributed by atoms with Gasteiger partial charge in [0.25, 0.3) is 0 Å². The lowest BCUT2D eigenvalue weighted by Crippen LogP contribution is -2.32. The van der Waals surface area contributed by atoms with Gasteiger partial charge in [-0.25, -0.2) is 0 Å². The van der Waals surface area contributed by atoms with E-state index in [9.17, 15) is 0 Å². The molecule has 0 spiro atoms. The molecule has 21 heavy (non-hydrogen) atoms. The molecule has 1 aromatic rings. The molecule has 1 rings (SSSR count). The van der Waals surface area contributed by atoms with Crippen molar-refractivity contribution in [3.05, 3.63) is 29.3 Å². The number of benzene rings is 1. The SMILES string of the molecule is Cc1cc(CNC(C)C)ccc1N(CC(C)C)CC(C)C. The van der Waals surface area contributed by atoms with Crippen LogP contribution >= 0.6 is 0 Å². The summed E-state index contributed by atoms with van der Waals surface area (Å²) < 4.78 is 0. The lowest BCUT2D eigenvalue weighted by Gasteiger charge is -2.30. The van der Waals surface area contributed by atoms with E-state index in [-0.39, 0.29) is 0 Å². The number of aryl methyl sites for hydroxylation is 1. The average molecular weight is 290 g/mol. The van der Waals surface area contributed by atoms with Gasteiger partial charge in [0.15, 0.2) is 0 Å². The fraction of sp³-hybridized carbons (Fsp3) is 0.684. The molecule has 0 aromatic heterocycles. The van der Waals surface area contributed by atoms with Crippen LogP contribution in [-0.4, -0.2) is 19.1 Å². The van der Waals surface area contributed by atoms with Crippen LogP contribution < -0.4 is 10.2 Å². The summed E-state index contributed by atoms with van der Waals surface area (Å²) in [6, 6.07) is 7.43. The minimum absolute atomic E-state index is 0.531. The van der Waals surface area contributed by atoms with E-state index < -0.39 is 0 Å². The Hall–Kier alpha value is -1.02. The number of anilines is 1. The molecule has 0 aliphatic rings. The summed E-state index contributed by atoms with van der Waals surface area (Å²) in [7, 11) is 0. The van der Waals surface area contributed by atoms with E-state index in [0.29, 0.717) is 17.9 Å². The van der Waals surface area contributed by atoms with Crippen molar-refractivity contribution < 1.29 is 0 Å². The van der Waals surface area contributed by atoms with Crippen LogP contribution in [-0.2, 0) is 6.54 Å². The monoisotopic (exact) mass is 290 g/mol. The third kappa shape index (κ3) is 6.52. The highest BCUT2D eigenvalue weighted by molar-refractivity contribution is 5.54. The molecule has 0 radical (unpaired) electrons. The molecule has 0 atom stereocenters. The van der Waals surface area contributed by atoms with Gasteiger partial charge in [-0.3, -0.25) is 0 Å². The summed E-state index contributed by atoms with van der Waals surface area (Å²) >= 11 is 0. The summed E-state index contributed by atoms with van der Waals surface area (Å²) in [5, 5.41) is 3.49. The van der Waals surface area contributed by atoms with Crippen molar-refractivity contribution in [1.29, 1.82) is 0 Å². The largest absolute Gasteiger partial charge is 0.371 e. The number of hydrogen-bond donors (Lipinski definition) is 1. The molecule has 0 fully saturated rings. The number of nitrogens with zero attached hydrogens (tertiary/aromatic N) is 1. The van der Waals surface area contributed by atoms with E-state index in [1.165, 1.54) is 16.8 Å². The van der Waals surface area contributed by atoms with Gasteiger partial charge in [-0.2, -0.15) is 0 Å². The average Bonchev–Trinajstić information content (AvgIpc) is 2.34. The Labute approximate surface area is 131 Å². The zero-order valence-corrected chi connectivity index (χ0v) is 15.0. The van der Waals surface area contributed by atoms with Crippen LogP contribution in [0.1, 0.15) is 52.7 Å². The fourth-order valence-corrected chi connectivity index (χ4v) is 2.66. The van der Waals surface area contributed by atoms with Crippen molar-refractivity contribution in [2.24, 2.45) is 11.8 Å². The number of rotatable bonds is 8. The highest BCUT2D eigenvalue weighted by atomic mass is 15.1. The summed E-state index contributed by atoms with van der Waals surface area (Å²) in [6.07, 6.45) is 0. The quantitative estimate of drug-likeness (QED) is 0.752. The van der Waals surface area contributed by atoms with E-state index in [1.54, 1.807) is 0 Å². The molecule has 120 valence electrons. The normalized spacial score (nSPS) is 11.7. The van der Waals surface area contributed by atoms with Gasteiger partial charge in [0.05, 0.1) is 0 Å². The molecule has 0 aliphatic carbocycles. The Balaban J connectivity index is 2.88. The maximum atomic E-state index is 3.49. The Kier molecular flexibility index (Phi) is 7.24. The van der Waals surface area contributed by atoms with Gasteiger partial charge < -0.3 is 10.2 Å². The molecular weight excluding hydrogens is 256 g/mol. The molecule has 1 N–H and O–H groups in total. The summed E-state index contributed by atoms with van der Waals surface area (Å²) in [6.45, 7) is 19.0. The molecule has 0 bridgehead atoms. The lowest BCUT2D eigenvalue weighted by molar-refractivity contribution is 0.551. The third-order valence-electron chi connectivity index (χ3n) is 3.49. The Morgan fingerprint density at radius 1 is 0.952 bits per heavy atom. The van der Waals surface area contributed by atoms with Crippen molar-refractivity contribution in [3.63, 3.8) is 0 Å². The smallest absolute Gasteiger partial charge is 0.0396 e. The Morgan fingerprint density at radius 2 is 1.52 bits per heavy atom. The Bertz CT molecular complexity index is 412. The molecular formula is C19H34N2. The van der Waals surface area contributed by atoms with Gasteiger partial charge in [-0.15, -0.1) is 0 Å². The van der Waals surface area contributed by atoms with Crippen LogP contribution in [0.2, 0.25) is 0 Å². The molecule has 2 nitrogen and oxygen atoms in total. The maximum Gasteiger partial charge on any atom is 0.0396 e.